The third kappa shape index (κ3) is 4.00. The van der Waals surface area contributed by atoms with Crippen LogP contribution >= 0.6 is 0 Å². The Kier molecular flexibility index (Phi) is 4.95. The molecular weight excluding hydrogens is 204 g/mol. The van der Waals surface area contributed by atoms with Gasteiger partial charge in [0.15, 0.2) is 0 Å². The number of aliphatic hydroxyl groups excluding tert-OH is 1. The van der Waals surface area contributed by atoms with Crippen molar-refractivity contribution in [3.63, 3.8) is 0 Å². The first-order valence-corrected chi connectivity index (χ1v) is 5.38. The van der Waals surface area contributed by atoms with Crippen molar-refractivity contribution in [2.45, 2.75) is 19.4 Å². The van der Waals surface area contributed by atoms with Gasteiger partial charge in [-0.2, -0.15) is 0 Å². The summed E-state index contributed by atoms with van der Waals surface area (Å²) in [7, 11) is 0. The Hall–Kier alpha value is -1.39. The summed E-state index contributed by atoms with van der Waals surface area (Å²) in [6.45, 7) is 2.46. The van der Waals surface area contributed by atoms with Gasteiger partial charge in [0.1, 0.15) is 0 Å². The van der Waals surface area contributed by atoms with Crippen LogP contribution in [0, 0.1) is 0 Å². The van der Waals surface area contributed by atoms with E-state index in [1.165, 1.54) is 0 Å². The molecule has 0 aromatic heterocycles. The van der Waals surface area contributed by atoms with Crippen LogP contribution in [0.25, 0.3) is 0 Å². The molecule has 0 radical (unpaired) electrons. The molecular formula is C12H18N2O2. The highest BCUT2D eigenvalue weighted by Crippen LogP contribution is 2.05. The predicted octanol–water partition coefficient (Wildman–Crippen LogP) is 0.298. The largest absolute Gasteiger partial charge is 0.392 e. The van der Waals surface area contributed by atoms with Gasteiger partial charge in [-0.3, -0.25) is 4.79 Å². The molecule has 1 aromatic rings. The molecule has 0 heterocycles. The first-order valence-electron chi connectivity index (χ1n) is 5.38. The van der Waals surface area contributed by atoms with Crippen LogP contribution in [0.4, 0.5) is 0 Å². The van der Waals surface area contributed by atoms with Crippen LogP contribution < -0.4 is 11.1 Å². The fourth-order valence-corrected chi connectivity index (χ4v) is 1.38. The van der Waals surface area contributed by atoms with Crippen LogP contribution in [0.5, 0.6) is 0 Å². The lowest BCUT2D eigenvalue weighted by atomic mass is 10.1. The molecule has 1 atom stereocenters. The monoisotopic (exact) mass is 222 g/mol. The lowest BCUT2D eigenvalue weighted by Gasteiger charge is -2.08. The smallest absolute Gasteiger partial charge is 0.251 e. The van der Waals surface area contributed by atoms with Gasteiger partial charge in [0.2, 0.25) is 0 Å². The van der Waals surface area contributed by atoms with Gasteiger partial charge in [0.25, 0.3) is 5.91 Å². The summed E-state index contributed by atoms with van der Waals surface area (Å²) in [6.07, 6.45) is 0.230. The molecule has 0 bridgehead atoms. The highest BCUT2D eigenvalue weighted by Gasteiger charge is 2.06. The molecule has 0 aliphatic rings. The van der Waals surface area contributed by atoms with Gasteiger partial charge in [-0.1, -0.05) is 12.1 Å². The SMILES string of the molecule is C[C@H](O)CNC(=O)c1cccc(CCN)c1. The average Bonchev–Trinajstić information content (AvgIpc) is 2.26. The number of aliphatic hydroxyl groups is 1. The van der Waals surface area contributed by atoms with Crippen molar-refractivity contribution in [3.05, 3.63) is 35.4 Å². The summed E-state index contributed by atoms with van der Waals surface area (Å²) in [6, 6.07) is 7.35. The number of carbonyl (C=O) groups excluding carboxylic acids is 1. The maximum absolute atomic E-state index is 11.7. The average molecular weight is 222 g/mol. The number of hydrogen-bond acceptors (Lipinski definition) is 3. The Morgan fingerprint density at radius 3 is 2.94 bits per heavy atom. The quantitative estimate of drug-likeness (QED) is 0.670. The van der Waals surface area contributed by atoms with Crippen LogP contribution in [0.2, 0.25) is 0 Å². The molecule has 88 valence electrons. The number of nitrogens with two attached hydrogens (primary N) is 1. The number of amides is 1. The Morgan fingerprint density at radius 1 is 1.56 bits per heavy atom. The van der Waals surface area contributed by atoms with Crippen LogP contribution in [0.15, 0.2) is 24.3 Å². The minimum Gasteiger partial charge on any atom is -0.392 e. The van der Waals surface area contributed by atoms with Crippen molar-refractivity contribution in [1.82, 2.24) is 5.32 Å². The number of benzene rings is 1. The topological polar surface area (TPSA) is 75.3 Å². The molecule has 0 fully saturated rings. The van der Waals surface area contributed by atoms with E-state index >= 15 is 0 Å². The van der Waals surface area contributed by atoms with Crippen molar-refractivity contribution in [2.24, 2.45) is 5.73 Å². The van der Waals surface area contributed by atoms with Gasteiger partial charge in [-0.05, 0) is 37.6 Å². The van der Waals surface area contributed by atoms with Gasteiger partial charge >= 0.3 is 0 Å². The molecule has 0 saturated carbocycles. The highest BCUT2D eigenvalue weighted by molar-refractivity contribution is 5.94. The maximum atomic E-state index is 11.7. The normalized spacial score (nSPS) is 12.2. The summed E-state index contributed by atoms with van der Waals surface area (Å²) in [4.78, 5) is 11.7. The van der Waals surface area contributed by atoms with E-state index in [9.17, 15) is 4.79 Å². The van der Waals surface area contributed by atoms with Crippen LogP contribution in [-0.4, -0.2) is 30.2 Å². The maximum Gasteiger partial charge on any atom is 0.251 e. The lowest BCUT2D eigenvalue weighted by molar-refractivity contribution is 0.0924. The molecule has 1 rings (SSSR count). The van der Waals surface area contributed by atoms with E-state index in [1.807, 2.05) is 18.2 Å². The second-order valence-corrected chi connectivity index (χ2v) is 3.80. The van der Waals surface area contributed by atoms with Crippen molar-refractivity contribution in [1.29, 1.82) is 0 Å². The van der Waals surface area contributed by atoms with Crippen molar-refractivity contribution >= 4 is 5.91 Å². The second-order valence-electron chi connectivity index (χ2n) is 3.80. The van der Waals surface area contributed by atoms with E-state index in [0.29, 0.717) is 12.1 Å². The van der Waals surface area contributed by atoms with Gasteiger partial charge in [-0.15, -0.1) is 0 Å². The predicted molar refractivity (Wildman–Crippen MR) is 63.2 cm³/mol. The van der Waals surface area contributed by atoms with E-state index < -0.39 is 6.10 Å². The Balaban J connectivity index is 2.64. The van der Waals surface area contributed by atoms with Gasteiger partial charge in [0.05, 0.1) is 6.10 Å². The van der Waals surface area contributed by atoms with Gasteiger partial charge in [0, 0.05) is 12.1 Å². The van der Waals surface area contributed by atoms with Crippen LogP contribution in [0.3, 0.4) is 0 Å². The Labute approximate surface area is 95.5 Å². The van der Waals surface area contributed by atoms with Crippen molar-refractivity contribution < 1.29 is 9.90 Å². The van der Waals surface area contributed by atoms with Crippen LogP contribution in [0.1, 0.15) is 22.8 Å². The van der Waals surface area contributed by atoms with E-state index in [2.05, 4.69) is 5.32 Å². The third-order valence-corrected chi connectivity index (χ3v) is 2.18. The molecule has 1 aromatic carbocycles. The fourth-order valence-electron chi connectivity index (χ4n) is 1.38. The first kappa shape index (κ1) is 12.7. The zero-order valence-corrected chi connectivity index (χ0v) is 9.44. The summed E-state index contributed by atoms with van der Waals surface area (Å²) in [5, 5.41) is 11.7. The standard InChI is InChI=1S/C12H18N2O2/c1-9(15)8-14-12(16)11-4-2-3-10(7-11)5-6-13/h2-4,7,9,15H,5-6,8,13H2,1H3,(H,14,16)/t9-/m0/s1. The zero-order chi connectivity index (χ0) is 12.0. The van der Waals surface area contributed by atoms with Gasteiger partial charge in [-0.25, -0.2) is 0 Å². The molecule has 1 amide bonds. The van der Waals surface area contributed by atoms with Crippen molar-refractivity contribution in [2.75, 3.05) is 13.1 Å². The van der Waals surface area contributed by atoms with Gasteiger partial charge < -0.3 is 16.2 Å². The molecule has 4 nitrogen and oxygen atoms in total. The summed E-state index contributed by atoms with van der Waals surface area (Å²) in [5.74, 6) is -0.167. The Morgan fingerprint density at radius 2 is 2.31 bits per heavy atom. The highest BCUT2D eigenvalue weighted by atomic mass is 16.3. The number of hydrogen-bond donors (Lipinski definition) is 3. The number of nitrogens with one attached hydrogen (secondary N) is 1. The van der Waals surface area contributed by atoms with E-state index in [-0.39, 0.29) is 12.5 Å². The minimum atomic E-state index is -0.531. The molecule has 4 heteroatoms. The first-order chi connectivity index (χ1) is 7.63. The summed E-state index contributed by atoms with van der Waals surface area (Å²) < 4.78 is 0. The Bertz CT molecular complexity index is 351. The minimum absolute atomic E-state index is 0.167. The molecule has 0 aliphatic heterocycles. The molecule has 0 aliphatic carbocycles. The van der Waals surface area contributed by atoms with Crippen LogP contribution in [-0.2, 0) is 6.42 Å². The van der Waals surface area contributed by atoms with E-state index in [1.54, 1.807) is 13.0 Å². The van der Waals surface area contributed by atoms with Crippen molar-refractivity contribution in [3.8, 4) is 0 Å². The third-order valence-electron chi connectivity index (χ3n) is 2.18. The molecule has 0 unspecified atom stereocenters. The number of rotatable bonds is 5. The molecule has 0 spiro atoms. The summed E-state index contributed by atoms with van der Waals surface area (Å²) >= 11 is 0. The molecule has 4 N–H and O–H groups in total. The van der Waals surface area contributed by atoms with E-state index in [0.717, 1.165) is 12.0 Å². The van der Waals surface area contributed by atoms with E-state index in [4.69, 9.17) is 10.8 Å². The fraction of sp³-hybridized carbons (Fsp3) is 0.417. The molecule has 0 saturated heterocycles. The molecule has 16 heavy (non-hydrogen) atoms. The second kappa shape index (κ2) is 6.25. The lowest BCUT2D eigenvalue weighted by Crippen LogP contribution is -2.30. The number of carbonyl (C=O) groups is 1. The summed E-state index contributed by atoms with van der Waals surface area (Å²) in [5.41, 5.74) is 7.10. The zero-order valence-electron chi connectivity index (χ0n) is 9.44.